The number of hydrogen-bond donors (Lipinski definition) is 4. The topological polar surface area (TPSA) is 95.8 Å². The molecule has 0 radical (unpaired) electrons. The summed E-state index contributed by atoms with van der Waals surface area (Å²) in [4.78, 5) is 32.6. The number of rotatable bonds is 13. The van der Waals surface area contributed by atoms with E-state index in [4.69, 9.17) is 0 Å². The highest BCUT2D eigenvalue weighted by Crippen LogP contribution is 2.29. The minimum absolute atomic E-state index is 0. The van der Waals surface area contributed by atoms with Crippen LogP contribution < -0.4 is 58.6 Å². The third-order valence-corrected chi connectivity index (χ3v) is 10.4. The first-order valence-corrected chi connectivity index (χ1v) is 18.4. The van der Waals surface area contributed by atoms with Gasteiger partial charge in [0.1, 0.15) is 13.1 Å². The summed E-state index contributed by atoms with van der Waals surface area (Å²) in [6.07, 6.45) is 12.6. The number of carbonyl (C=O) groups excluding carboxylic acids is 2. The molecule has 52 heavy (non-hydrogen) atoms. The summed E-state index contributed by atoms with van der Waals surface area (Å²) in [6.45, 7) is 3.90. The van der Waals surface area contributed by atoms with E-state index >= 15 is 0 Å². The monoisotopic (exact) mass is 920 g/mol. The van der Waals surface area contributed by atoms with Gasteiger partial charge in [-0.2, -0.15) is 0 Å². The van der Waals surface area contributed by atoms with E-state index in [0.29, 0.717) is 13.1 Å². The first-order valence-electron chi connectivity index (χ1n) is 18.4. The maximum Gasteiger partial charge on any atom is 0.285 e. The van der Waals surface area contributed by atoms with E-state index in [2.05, 4.69) is 115 Å². The zero-order valence-corrected chi connectivity index (χ0v) is 33.8. The lowest BCUT2D eigenvalue weighted by Gasteiger charge is -2.10. The van der Waals surface area contributed by atoms with Gasteiger partial charge in [-0.1, -0.05) is 74.2 Å². The van der Waals surface area contributed by atoms with Crippen LogP contribution in [0.5, 0.6) is 0 Å². The van der Waals surface area contributed by atoms with Crippen LogP contribution in [-0.2, 0) is 22.4 Å². The molecule has 10 heteroatoms. The summed E-state index contributed by atoms with van der Waals surface area (Å²) < 4.78 is 4.29. The van der Waals surface area contributed by atoms with Gasteiger partial charge in [-0.15, -0.1) is 0 Å². The molecule has 6 aromatic rings. The Morgan fingerprint density at radius 1 is 0.558 bits per heavy atom. The van der Waals surface area contributed by atoms with E-state index in [9.17, 15) is 9.59 Å². The van der Waals surface area contributed by atoms with Gasteiger partial charge in [0.15, 0.2) is 12.4 Å². The molecule has 2 amide bonds. The molecule has 4 heterocycles. The number of halogens is 2. The average molecular weight is 921 g/mol. The summed E-state index contributed by atoms with van der Waals surface area (Å²) >= 11 is 0. The van der Waals surface area contributed by atoms with Crippen LogP contribution in [0.1, 0.15) is 61.0 Å². The molecule has 0 bridgehead atoms. The molecule has 2 aliphatic rings. The summed E-state index contributed by atoms with van der Waals surface area (Å²) in [5.41, 5.74) is 7.25. The third kappa shape index (κ3) is 8.54. The number of benzene rings is 4. The van der Waals surface area contributed by atoms with Gasteiger partial charge in [-0.05, 0) is 58.7 Å². The fourth-order valence-corrected chi connectivity index (χ4v) is 7.76. The van der Waals surface area contributed by atoms with E-state index < -0.39 is 0 Å². The Hall–Kier alpha value is -3.78. The van der Waals surface area contributed by atoms with Crippen LogP contribution >= 0.6 is 0 Å². The molecule has 0 spiro atoms. The molecule has 4 aromatic carbocycles. The minimum atomic E-state index is 0. The van der Waals surface area contributed by atoms with Crippen molar-refractivity contribution >= 4 is 67.6 Å². The molecule has 8 nitrogen and oxygen atoms in total. The normalized spacial score (nSPS) is 13.5. The largest absolute Gasteiger partial charge is 1.00 e. The van der Waals surface area contributed by atoms with Crippen molar-refractivity contribution in [3.05, 3.63) is 95.3 Å². The van der Waals surface area contributed by atoms with Crippen LogP contribution in [0.15, 0.2) is 72.8 Å². The Bertz CT molecular complexity index is 2140. The molecule has 0 fully saturated rings. The highest BCUT2D eigenvalue weighted by atomic mass is 127. The molecule has 0 unspecified atom stereocenters. The Kier molecular flexibility index (Phi) is 12.7. The van der Waals surface area contributed by atoms with Crippen molar-refractivity contribution in [2.24, 2.45) is 0 Å². The van der Waals surface area contributed by atoms with Gasteiger partial charge in [-0.25, -0.2) is 9.15 Å². The van der Waals surface area contributed by atoms with Crippen molar-refractivity contribution in [1.29, 1.82) is 0 Å². The van der Waals surface area contributed by atoms with Crippen LogP contribution in [0.3, 0.4) is 0 Å². The molecule has 0 atom stereocenters. The average Bonchev–Trinajstić information content (AvgIpc) is 3.66. The van der Waals surface area contributed by atoms with Crippen LogP contribution in [-0.4, -0.2) is 82.6 Å². The Balaban J connectivity index is 0.00000232. The van der Waals surface area contributed by atoms with Gasteiger partial charge in [0, 0.05) is 59.1 Å². The van der Waals surface area contributed by atoms with Crippen molar-refractivity contribution in [1.82, 2.24) is 20.6 Å². The maximum absolute atomic E-state index is 12.7. The number of nitrogens with zero attached hydrogens (tertiary/aromatic N) is 2. The second kappa shape index (κ2) is 17.4. The van der Waals surface area contributed by atoms with Crippen LogP contribution in [0.4, 0.5) is 0 Å². The first kappa shape index (κ1) is 38.0. The van der Waals surface area contributed by atoms with E-state index in [-0.39, 0.29) is 59.8 Å². The Labute approximate surface area is 338 Å². The van der Waals surface area contributed by atoms with E-state index in [1.54, 1.807) is 0 Å². The fourth-order valence-electron chi connectivity index (χ4n) is 7.76. The zero-order valence-electron chi connectivity index (χ0n) is 29.4. The smallest absolute Gasteiger partial charge is 0.285 e. The quantitative estimate of drug-likeness (QED) is 0.0759. The van der Waals surface area contributed by atoms with Gasteiger partial charge in [0.2, 0.25) is 13.1 Å². The molecular weight excluding hydrogens is 874 g/mol. The predicted molar refractivity (Wildman–Crippen MR) is 203 cm³/mol. The van der Waals surface area contributed by atoms with Crippen molar-refractivity contribution < 1.29 is 66.7 Å². The lowest BCUT2D eigenvalue weighted by atomic mass is 10.0. The minimum Gasteiger partial charge on any atom is -1.00 e. The summed E-state index contributed by atoms with van der Waals surface area (Å²) in [6, 6.07) is 25.9. The third-order valence-electron chi connectivity index (χ3n) is 10.4. The second-order valence-electron chi connectivity index (χ2n) is 14.0. The molecule has 0 saturated heterocycles. The second-order valence-corrected chi connectivity index (χ2v) is 14.0. The molecule has 8 rings (SSSR count). The number of fused-ring (bicyclic) bond motifs is 8. The van der Waals surface area contributed by atoms with Crippen LogP contribution in [0, 0.1) is 0 Å². The number of amides is 2. The van der Waals surface area contributed by atoms with Gasteiger partial charge >= 0.3 is 0 Å². The molecule has 2 aliphatic heterocycles. The zero-order chi connectivity index (χ0) is 33.9. The van der Waals surface area contributed by atoms with Crippen molar-refractivity contribution in [2.45, 2.75) is 51.4 Å². The van der Waals surface area contributed by atoms with Gasteiger partial charge in [0.25, 0.3) is 11.8 Å². The number of hydrogen-bond acceptors (Lipinski definition) is 2. The van der Waals surface area contributed by atoms with E-state index in [1.165, 1.54) is 54.8 Å². The number of aromatic nitrogens is 2. The number of H-pyrrole nitrogens is 2. The molecule has 270 valence electrons. The standard InChI is InChI=1S/C42H44N6O2.2HI/c49-41(27-47-19-15-37-35(25-47)33-21-29-11-5-7-13-31(29)23-39(33)45-37)43-17-9-3-1-2-4-10-18-44-42(50)28-48-20-16-38-36(26-48)34-22-30-12-6-8-14-32(30)24-40(34)46-38;;/h5-8,11-14,21-26H,1-4,9-10,15-20,27-28H2,(H2,43,44,49,50);2*1H. The predicted octanol–water partition coefficient (Wildman–Crippen LogP) is 0.212. The molecule has 0 aliphatic carbocycles. The van der Waals surface area contributed by atoms with Crippen LogP contribution in [0.2, 0.25) is 0 Å². The summed E-state index contributed by atoms with van der Waals surface area (Å²) in [5.74, 6) is 0.173. The number of unbranched alkanes of at least 4 members (excludes halogenated alkanes) is 5. The summed E-state index contributed by atoms with van der Waals surface area (Å²) in [7, 11) is 0. The summed E-state index contributed by atoms with van der Waals surface area (Å²) in [5, 5.41) is 13.6. The SMILES string of the molecule is O=C(C[N+]1=Cc2c([nH]c3cc4ccccc4cc23)CC1)NCCCCCCCCNC(=O)C[N+]1=Cc2c([nH]c3cc4ccccc4cc23)CC1.[I-].[I-]. The molecular formula is C42H46I2N6O2. The van der Waals surface area contributed by atoms with E-state index in [0.717, 1.165) is 88.6 Å². The molecule has 0 saturated carbocycles. The maximum atomic E-state index is 12.7. The molecule has 2 aromatic heterocycles. The number of aromatic amines is 2. The van der Waals surface area contributed by atoms with Crippen molar-refractivity contribution in [2.75, 3.05) is 39.3 Å². The Morgan fingerprint density at radius 3 is 1.37 bits per heavy atom. The highest BCUT2D eigenvalue weighted by molar-refractivity contribution is 6.07. The lowest BCUT2D eigenvalue weighted by Crippen LogP contribution is -3.00. The van der Waals surface area contributed by atoms with Crippen molar-refractivity contribution in [3.8, 4) is 0 Å². The van der Waals surface area contributed by atoms with Gasteiger partial charge in [-0.3, -0.25) is 9.59 Å². The number of nitrogens with one attached hydrogen (secondary N) is 4. The Morgan fingerprint density at radius 2 is 0.942 bits per heavy atom. The first-order chi connectivity index (χ1) is 24.6. The van der Waals surface area contributed by atoms with Gasteiger partial charge < -0.3 is 68.6 Å². The van der Waals surface area contributed by atoms with E-state index in [1.807, 2.05) is 0 Å². The lowest BCUT2D eigenvalue weighted by molar-refractivity contribution is -0.512. The highest BCUT2D eigenvalue weighted by Gasteiger charge is 2.24. The van der Waals surface area contributed by atoms with Crippen LogP contribution in [0.25, 0.3) is 43.4 Å². The fraction of sp³-hybridized carbons (Fsp3) is 0.333. The number of carbonyl (C=O) groups is 2. The van der Waals surface area contributed by atoms with Gasteiger partial charge in [0.05, 0.1) is 11.1 Å². The van der Waals surface area contributed by atoms with Crippen molar-refractivity contribution in [3.63, 3.8) is 0 Å². The molecule has 4 N–H and O–H groups in total.